The molecule has 0 aromatic heterocycles. The Kier molecular flexibility index (Phi) is 7.35. The van der Waals surface area contributed by atoms with Crippen molar-refractivity contribution in [2.45, 2.75) is 25.8 Å². The lowest BCUT2D eigenvalue weighted by atomic mass is 10.1. The molecule has 8 nitrogen and oxygen atoms in total. The highest BCUT2D eigenvalue weighted by Crippen LogP contribution is 2.26. The Balaban J connectivity index is 2.07. The van der Waals surface area contributed by atoms with Crippen LogP contribution in [-0.4, -0.2) is 59.3 Å². The van der Waals surface area contributed by atoms with E-state index in [1.807, 2.05) is 0 Å². The molecule has 1 aromatic carbocycles. The number of carboxylic acids is 1. The Labute approximate surface area is 167 Å². The fourth-order valence-electron chi connectivity index (χ4n) is 2.89. The number of likely N-dealkylation sites (tertiary alicyclic amines) is 1. The van der Waals surface area contributed by atoms with Crippen LogP contribution in [0.25, 0.3) is 0 Å². The van der Waals surface area contributed by atoms with E-state index in [1.54, 1.807) is 0 Å². The van der Waals surface area contributed by atoms with Crippen molar-refractivity contribution in [2.75, 3.05) is 19.7 Å². The zero-order valence-corrected chi connectivity index (χ0v) is 15.7. The molecular formula is C18H18F4N2O6. The first-order valence-corrected chi connectivity index (χ1v) is 8.77. The zero-order chi connectivity index (χ0) is 22.6. The average molecular weight is 434 g/mol. The van der Waals surface area contributed by atoms with Gasteiger partial charge in [0.15, 0.2) is 23.2 Å². The number of benzene rings is 1. The third-order valence-corrected chi connectivity index (χ3v) is 4.52. The molecule has 1 heterocycles. The number of amides is 2. The number of Topliss-reactive ketones (excluding diaryl/α,β-unsaturated/α-hetero) is 1. The molecule has 0 bridgehead atoms. The number of nitrogens with zero attached hydrogens (tertiary/aromatic N) is 1. The number of hydrogen-bond acceptors (Lipinski definition) is 5. The van der Waals surface area contributed by atoms with Crippen LogP contribution in [0, 0.1) is 29.2 Å². The number of carbonyl (C=O) groups is 4. The van der Waals surface area contributed by atoms with E-state index in [0.29, 0.717) is 13.0 Å². The van der Waals surface area contributed by atoms with Gasteiger partial charge in [0.05, 0.1) is 12.3 Å². The van der Waals surface area contributed by atoms with Crippen molar-refractivity contribution >= 4 is 23.6 Å². The topological polar surface area (TPSA) is 113 Å². The molecule has 2 rings (SSSR count). The van der Waals surface area contributed by atoms with Crippen LogP contribution in [0.4, 0.5) is 17.6 Å². The van der Waals surface area contributed by atoms with E-state index in [1.165, 1.54) is 11.8 Å². The fraction of sp³-hybridized carbons (Fsp3) is 0.444. The molecule has 2 N–H and O–H groups in total. The van der Waals surface area contributed by atoms with Crippen LogP contribution in [0.1, 0.15) is 19.8 Å². The Morgan fingerprint density at radius 3 is 2.30 bits per heavy atom. The Bertz CT molecular complexity index is 852. The van der Waals surface area contributed by atoms with Crippen LogP contribution < -0.4 is 10.1 Å². The molecule has 1 aliphatic rings. The number of hydrogen-bond donors (Lipinski definition) is 2. The van der Waals surface area contributed by atoms with Gasteiger partial charge < -0.3 is 20.1 Å². The lowest BCUT2D eigenvalue weighted by Crippen LogP contribution is -2.47. The highest BCUT2D eigenvalue weighted by molar-refractivity contribution is 5.93. The van der Waals surface area contributed by atoms with E-state index in [-0.39, 0.29) is 18.5 Å². The van der Waals surface area contributed by atoms with E-state index >= 15 is 0 Å². The smallest absolute Gasteiger partial charge is 0.305 e. The Hall–Kier alpha value is -3.18. The number of nitrogens with one attached hydrogen (secondary N) is 1. The second kappa shape index (κ2) is 9.55. The van der Waals surface area contributed by atoms with Crippen LogP contribution in [0.2, 0.25) is 0 Å². The van der Waals surface area contributed by atoms with Crippen molar-refractivity contribution in [3.8, 4) is 5.75 Å². The van der Waals surface area contributed by atoms with Crippen LogP contribution in [0.3, 0.4) is 0 Å². The minimum Gasteiger partial charge on any atom is -0.481 e. The molecule has 2 unspecified atom stereocenters. The summed E-state index contributed by atoms with van der Waals surface area (Å²) in [5.74, 6) is -12.9. The summed E-state index contributed by atoms with van der Waals surface area (Å²) in [5.41, 5.74) is 0. The third-order valence-electron chi connectivity index (χ3n) is 4.52. The van der Waals surface area contributed by atoms with Crippen molar-refractivity contribution in [1.29, 1.82) is 0 Å². The zero-order valence-electron chi connectivity index (χ0n) is 15.7. The summed E-state index contributed by atoms with van der Waals surface area (Å²) in [6, 6.07) is -1.66. The van der Waals surface area contributed by atoms with Gasteiger partial charge in [0.2, 0.25) is 23.4 Å². The maximum atomic E-state index is 13.6. The number of aliphatic carboxylic acids is 1. The molecule has 1 aliphatic heterocycles. The predicted molar refractivity (Wildman–Crippen MR) is 91.3 cm³/mol. The average Bonchev–Trinajstić information content (AvgIpc) is 3.16. The summed E-state index contributed by atoms with van der Waals surface area (Å²) in [5, 5.41) is 11.2. The van der Waals surface area contributed by atoms with E-state index < -0.39 is 71.7 Å². The van der Waals surface area contributed by atoms with Gasteiger partial charge in [-0.25, -0.2) is 8.78 Å². The lowest BCUT2D eigenvalue weighted by molar-refractivity contribution is -0.140. The first-order valence-electron chi connectivity index (χ1n) is 8.77. The largest absolute Gasteiger partial charge is 0.481 e. The minimum atomic E-state index is -1.87. The van der Waals surface area contributed by atoms with Gasteiger partial charge in [0.25, 0.3) is 0 Å². The molecule has 2 atom stereocenters. The number of halogens is 4. The molecule has 1 saturated heterocycles. The molecule has 0 saturated carbocycles. The molecule has 164 valence electrons. The minimum absolute atomic E-state index is 0.0429. The summed E-state index contributed by atoms with van der Waals surface area (Å²) >= 11 is 0. The highest BCUT2D eigenvalue weighted by atomic mass is 19.2. The van der Waals surface area contributed by atoms with Gasteiger partial charge in [-0.15, -0.1) is 0 Å². The Morgan fingerprint density at radius 2 is 1.80 bits per heavy atom. The number of ether oxygens (including phenoxy) is 1. The van der Waals surface area contributed by atoms with Crippen molar-refractivity contribution < 1.29 is 46.6 Å². The van der Waals surface area contributed by atoms with Crippen LogP contribution in [0.15, 0.2) is 6.07 Å². The number of carbonyl (C=O) groups excluding carboxylic acids is 3. The second-order valence-corrected chi connectivity index (χ2v) is 6.66. The van der Waals surface area contributed by atoms with E-state index in [4.69, 9.17) is 5.11 Å². The van der Waals surface area contributed by atoms with E-state index in [0.717, 1.165) is 0 Å². The van der Waals surface area contributed by atoms with E-state index in [2.05, 4.69) is 10.1 Å². The standard InChI is InChI=1S/C18H18F4N2O6/c1-8(25)24-3-2-9(6-24)18(29)23-12(5-14(27)28)13(26)7-30-17-15(21)10(19)4-11(20)16(17)22/h4,9,12H,2-3,5-7H2,1H3,(H,23,29)(H,27,28). The molecule has 12 heteroatoms. The van der Waals surface area contributed by atoms with Crippen molar-refractivity contribution in [3.05, 3.63) is 29.3 Å². The first kappa shape index (κ1) is 23.1. The number of ketones is 1. The molecule has 2 amide bonds. The summed E-state index contributed by atoms with van der Waals surface area (Å²) in [6.45, 7) is 0.573. The van der Waals surface area contributed by atoms with Crippen molar-refractivity contribution in [1.82, 2.24) is 10.2 Å². The molecular weight excluding hydrogens is 416 g/mol. The normalized spacial score (nSPS) is 16.8. The quantitative estimate of drug-likeness (QED) is 0.467. The van der Waals surface area contributed by atoms with Gasteiger partial charge in [-0.2, -0.15) is 8.78 Å². The van der Waals surface area contributed by atoms with Crippen LogP contribution >= 0.6 is 0 Å². The van der Waals surface area contributed by atoms with Gasteiger partial charge in [-0.1, -0.05) is 0 Å². The first-order chi connectivity index (χ1) is 14.0. The summed E-state index contributed by atoms with van der Waals surface area (Å²) in [6.07, 6.45) is -0.561. The highest BCUT2D eigenvalue weighted by Gasteiger charge is 2.33. The van der Waals surface area contributed by atoms with Crippen LogP contribution in [0.5, 0.6) is 5.75 Å². The number of carboxylic acid groups (broad SMARTS) is 1. The number of rotatable bonds is 8. The van der Waals surface area contributed by atoms with Crippen molar-refractivity contribution in [2.24, 2.45) is 5.92 Å². The molecule has 0 aliphatic carbocycles. The third kappa shape index (κ3) is 5.45. The maximum absolute atomic E-state index is 13.6. The maximum Gasteiger partial charge on any atom is 0.305 e. The Morgan fingerprint density at radius 1 is 1.20 bits per heavy atom. The SMILES string of the molecule is CC(=O)N1CCC(C(=O)NC(CC(=O)O)C(=O)COc2c(F)c(F)cc(F)c2F)C1. The van der Waals surface area contributed by atoms with Crippen molar-refractivity contribution in [3.63, 3.8) is 0 Å². The van der Waals surface area contributed by atoms with Gasteiger partial charge in [-0.3, -0.25) is 19.2 Å². The second-order valence-electron chi connectivity index (χ2n) is 6.66. The van der Waals surface area contributed by atoms with Gasteiger partial charge in [-0.05, 0) is 6.42 Å². The molecule has 0 spiro atoms. The van der Waals surface area contributed by atoms with Gasteiger partial charge >= 0.3 is 5.97 Å². The fourth-order valence-corrected chi connectivity index (χ4v) is 2.89. The van der Waals surface area contributed by atoms with Gasteiger partial charge in [0, 0.05) is 26.1 Å². The molecule has 30 heavy (non-hydrogen) atoms. The lowest BCUT2D eigenvalue weighted by Gasteiger charge is -2.19. The molecule has 0 radical (unpaired) electrons. The van der Waals surface area contributed by atoms with Gasteiger partial charge in [0.1, 0.15) is 12.6 Å². The molecule has 1 fully saturated rings. The predicted octanol–water partition coefficient (Wildman–Crippen LogP) is 1.02. The summed E-state index contributed by atoms with van der Waals surface area (Å²) in [4.78, 5) is 48.4. The summed E-state index contributed by atoms with van der Waals surface area (Å²) < 4.78 is 58.1. The van der Waals surface area contributed by atoms with Crippen LogP contribution in [-0.2, 0) is 19.2 Å². The summed E-state index contributed by atoms with van der Waals surface area (Å²) in [7, 11) is 0. The van der Waals surface area contributed by atoms with E-state index in [9.17, 15) is 36.7 Å². The molecule has 1 aromatic rings. The monoisotopic (exact) mass is 434 g/mol.